The Morgan fingerprint density at radius 1 is 1.35 bits per heavy atom. The second-order valence-corrected chi connectivity index (χ2v) is 6.22. The third kappa shape index (κ3) is 4.11. The molecule has 0 bridgehead atoms. The van der Waals surface area contributed by atoms with Gasteiger partial charge in [-0.15, -0.1) is 0 Å². The van der Waals surface area contributed by atoms with Crippen molar-refractivity contribution in [2.24, 2.45) is 0 Å². The van der Waals surface area contributed by atoms with Gasteiger partial charge in [0, 0.05) is 36.8 Å². The largest absolute Gasteiger partial charge is 0.497 e. The van der Waals surface area contributed by atoms with E-state index in [0.29, 0.717) is 13.1 Å². The first-order valence-electron chi connectivity index (χ1n) is 8.49. The Balaban J connectivity index is 1.53. The van der Waals surface area contributed by atoms with Gasteiger partial charge in [-0.3, -0.25) is 14.7 Å². The van der Waals surface area contributed by atoms with Crippen molar-refractivity contribution in [2.45, 2.75) is 25.9 Å². The first-order chi connectivity index (χ1) is 12.6. The molecule has 1 unspecified atom stereocenters. The van der Waals surface area contributed by atoms with E-state index in [4.69, 9.17) is 4.74 Å². The first kappa shape index (κ1) is 17.7. The zero-order valence-electron chi connectivity index (χ0n) is 14.9. The molecule has 0 aliphatic carbocycles. The minimum atomic E-state index is -0.587. The minimum Gasteiger partial charge on any atom is -0.497 e. The van der Waals surface area contributed by atoms with Crippen molar-refractivity contribution in [3.8, 4) is 5.75 Å². The van der Waals surface area contributed by atoms with E-state index in [1.54, 1.807) is 31.2 Å². The Bertz CT molecular complexity index is 810. The predicted molar refractivity (Wildman–Crippen MR) is 97.3 cm³/mol. The number of aromatic amines is 1. The van der Waals surface area contributed by atoms with E-state index in [-0.39, 0.29) is 11.8 Å². The van der Waals surface area contributed by atoms with Crippen molar-refractivity contribution in [3.63, 3.8) is 0 Å². The zero-order chi connectivity index (χ0) is 18.5. The highest BCUT2D eigenvalue weighted by Gasteiger charge is 2.26. The molecule has 136 valence electrons. The molecule has 1 atom stereocenters. The van der Waals surface area contributed by atoms with Crippen molar-refractivity contribution in [1.29, 1.82) is 0 Å². The summed E-state index contributed by atoms with van der Waals surface area (Å²) >= 11 is 0. The van der Waals surface area contributed by atoms with Crippen LogP contribution in [0.3, 0.4) is 0 Å². The molecule has 1 aliphatic rings. The maximum Gasteiger partial charge on any atom is 0.245 e. The van der Waals surface area contributed by atoms with Crippen LogP contribution in [-0.2, 0) is 22.6 Å². The fraction of sp³-hybridized carbons (Fsp3) is 0.316. The van der Waals surface area contributed by atoms with Crippen molar-refractivity contribution in [3.05, 3.63) is 53.4 Å². The SMILES string of the molecule is COc1ccc(C=CC(=O)NC(C)C(=O)N2CCc3[nH]ncc3C2)cc1. The molecule has 2 aromatic rings. The summed E-state index contributed by atoms with van der Waals surface area (Å²) in [5, 5.41) is 9.67. The lowest BCUT2D eigenvalue weighted by molar-refractivity contribution is -0.136. The Morgan fingerprint density at radius 2 is 2.12 bits per heavy atom. The average Bonchev–Trinajstić information content (AvgIpc) is 3.13. The van der Waals surface area contributed by atoms with Gasteiger partial charge < -0.3 is 15.0 Å². The molecule has 1 aromatic carbocycles. The van der Waals surface area contributed by atoms with Crippen molar-refractivity contribution < 1.29 is 14.3 Å². The van der Waals surface area contributed by atoms with Gasteiger partial charge in [0.05, 0.1) is 13.3 Å². The lowest BCUT2D eigenvalue weighted by Gasteiger charge is -2.29. The number of nitrogens with zero attached hydrogens (tertiary/aromatic N) is 2. The van der Waals surface area contributed by atoms with Gasteiger partial charge in [-0.05, 0) is 30.7 Å². The molecule has 1 aliphatic heterocycles. The molecule has 2 N–H and O–H groups in total. The van der Waals surface area contributed by atoms with E-state index in [1.165, 1.54) is 6.08 Å². The van der Waals surface area contributed by atoms with E-state index < -0.39 is 6.04 Å². The smallest absolute Gasteiger partial charge is 0.245 e. The summed E-state index contributed by atoms with van der Waals surface area (Å²) < 4.78 is 5.10. The topological polar surface area (TPSA) is 87.3 Å². The number of hydrogen-bond donors (Lipinski definition) is 2. The van der Waals surface area contributed by atoms with Crippen LogP contribution in [0.5, 0.6) is 5.75 Å². The van der Waals surface area contributed by atoms with Crippen LogP contribution in [-0.4, -0.2) is 46.6 Å². The number of amides is 2. The van der Waals surface area contributed by atoms with Gasteiger partial charge in [-0.1, -0.05) is 12.1 Å². The molecular weight excluding hydrogens is 332 g/mol. The summed E-state index contributed by atoms with van der Waals surface area (Å²) in [6, 6.07) is 6.77. The van der Waals surface area contributed by atoms with Crippen LogP contribution >= 0.6 is 0 Å². The maximum absolute atomic E-state index is 12.6. The number of H-pyrrole nitrogens is 1. The molecule has 3 rings (SSSR count). The molecule has 0 spiro atoms. The second-order valence-electron chi connectivity index (χ2n) is 6.22. The number of carbonyl (C=O) groups is 2. The number of aromatic nitrogens is 2. The molecule has 7 nitrogen and oxygen atoms in total. The lowest BCUT2D eigenvalue weighted by atomic mass is 10.1. The van der Waals surface area contributed by atoms with E-state index in [0.717, 1.165) is 29.0 Å². The lowest BCUT2D eigenvalue weighted by Crippen LogP contribution is -2.48. The summed E-state index contributed by atoms with van der Waals surface area (Å²) in [5.41, 5.74) is 2.99. The standard InChI is InChI=1S/C19H22N4O3/c1-13(19(25)23-10-9-17-15(12-23)11-20-22-17)21-18(24)8-5-14-3-6-16(26-2)7-4-14/h3-8,11,13H,9-10,12H2,1-2H3,(H,20,22)(H,21,24). The molecule has 7 heteroatoms. The van der Waals surface area contributed by atoms with Gasteiger partial charge in [0.25, 0.3) is 0 Å². The number of benzene rings is 1. The van der Waals surface area contributed by atoms with Gasteiger partial charge in [-0.25, -0.2) is 0 Å². The Morgan fingerprint density at radius 3 is 2.85 bits per heavy atom. The van der Waals surface area contributed by atoms with Crippen LogP contribution in [0.2, 0.25) is 0 Å². The monoisotopic (exact) mass is 354 g/mol. The zero-order valence-corrected chi connectivity index (χ0v) is 14.9. The minimum absolute atomic E-state index is 0.0944. The summed E-state index contributed by atoms with van der Waals surface area (Å²) in [4.78, 5) is 26.4. The third-order valence-corrected chi connectivity index (χ3v) is 4.38. The van der Waals surface area contributed by atoms with Gasteiger partial charge in [0.1, 0.15) is 11.8 Å². The van der Waals surface area contributed by atoms with Crippen LogP contribution < -0.4 is 10.1 Å². The molecule has 0 saturated heterocycles. The molecule has 0 saturated carbocycles. The third-order valence-electron chi connectivity index (χ3n) is 4.38. The summed E-state index contributed by atoms with van der Waals surface area (Å²) in [6.07, 6.45) is 5.62. The number of methoxy groups -OCH3 is 1. The Kier molecular flexibility index (Phi) is 5.36. The van der Waals surface area contributed by atoms with Crippen LogP contribution in [0.4, 0.5) is 0 Å². The van der Waals surface area contributed by atoms with Gasteiger partial charge in [0.15, 0.2) is 0 Å². The van der Waals surface area contributed by atoms with E-state index in [1.807, 2.05) is 24.3 Å². The summed E-state index contributed by atoms with van der Waals surface area (Å²) in [7, 11) is 1.60. The summed E-state index contributed by atoms with van der Waals surface area (Å²) in [5.74, 6) is 0.360. The number of rotatable bonds is 5. The van der Waals surface area contributed by atoms with Gasteiger partial charge >= 0.3 is 0 Å². The predicted octanol–water partition coefficient (Wildman–Crippen LogP) is 1.52. The van der Waals surface area contributed by atoms with Crippen molar-refractivity contribution in [2.75, 3.05) is 13.7 Å². The maximum atomic E-state index is 12.6. The van der Waals surface area contributed by atoms with Gasteiger partial charge in [-0.2, -0.15) is 5.10 Å². The quantitative estimate of drug-likeness (QED) is 0.797. The molecule has 0 fully saturated rings. The van der Waals surface area contributed by atoms with E-state index in [9.17, 15) is 9.59 Å². The highest BCUT2D eigenvalue weighted by Crippen LogP contribution is 2.16. The first-order valence-corrected chi connectivity index (χ1v) is 8.49. The van der Waals surface area contributed by atoms with Crippen molar-refractivity contribution in [1.82, 2.24) is 20.4 Å². The highest BCUT2D eigenvalue weighted by molar-refractivity contribution is 5.95. The molecule has 26 heavy (non-hydrogen) atoms. The number of carbonyl (C=O) groups excluding carboxylic acids is 2. The average molecular weight is 354 g/mol. The normalized spacial score (nSPS) is 14.8. The molecule has 2 amide bonds. The fourth-order valence-electron chi connectivity index (χ4n) is 2.89. The fourth-order valence-corrected chi connectivity index (χ4v) is 2.89. The van der Waals surface area contributed by atoms with Crippen LogP contribution in [0, 0.1) is 0 Å². The molecule has 0 radical (unpaired) electrons. The van der Waals surface area contributed by atoms with Crippen LogP contribution in [0.25, 0.3) is 6.08 Å². The van der Waals surface area contributed by atoms with Gasteiger partial charge in [0.2, 0.25) is 11.8 Å². The molecule has 1 aromatic heterocycles. The van der Waals surface area contributed by atoms with Crippen molar-refractivity contribution >= 4 is 17.9 Å². The summed E-state index contributed by atoms with van der Waals surface area (Å²) in [6.45, 7) is 2.84. The van der Waals surface area contributed by atoms with Crippen LogP contribution in [0.1, 0.15) is 23.7 Å². The number of hydrogen-bond acceptors (Lipinski definition) is 4. The van der Waals surface area contributed by atoms with Crippen LogP contribution in [0.15, 0.2) is 36.5 Å². The number of nitrogens with one attached hydrogen (secondary N) is 2. The van der Waals surface area contributed by atoms with E-state index in [2.05, 4.69) is 15.5 Å². The highest BCUT2D eigenvalue weighted by atomic mass is 16.5. The molecular formula is C19H22N4O3. The number of ether oxygens (including phenoxy) is 1. The number of fused-ring (bicyclic) bond motifs is 1. The van der Waals surface area contributed by atoms with E-state index >= 15 is 0 Å². The second kappa shape index (κ2) is 7.86. The Labute approximate surface area is 152 Å². The Hall–Kier alpha value is -3.09. The molecule has 2 heterocycles.